The summed E-state index contributed by atoms with van der Waals surface area (Å²) >= 11 is 17.5. The number of anilines is 1. The van der Waals surface area contributed by atoms with Crippen LogP contribution < -0.4 is 4.90 Å². The molecule has 0 aromatic heterocycles. The van der Waals surface area contributed by atoms with E-state index in [2.05, 4.69) is 0 Å². The molecule has 0 N–H and O–H groups in total. The van der Waals surface area contributed by atoms with Gasteiger partial charge in [0, 0.05) is 11.6 Å². The second kappa shape index (κ2) is 4.37. The highest BCUT2D eigenvalue weighted by atomic mass is 35.5. The molecule has 6 heteroatoms. The van der Waals surface area contributed by atoms with Gasteiger partial charge in [-0.1, -0.05) is 23.2 Å². The van der Waals surface area contributed by atoms with E-state index >= 15 is 0 Å². The van der Waals surface area contributed by atoms with Gasteiger partial charge in [0.1, 0.15) is 6.04 Å². The van der Waals surface area contributed by atoms with Crippen LogP contribution in [-0.2, 0) is 4.79 Å². The van der Waals surface area contributed by atoms with Gasteiger partial charge < -0.3 is 4.90 Å². The summed E-state index contributed by atoms with van der Waals surface area (Å²) in [6.07, 6.45) is 1.86. The Kier molecular flexibility index (Phi) is 2.96. The van der Waals surface area contributed by atoms with Crippen molar-refractivity contribution >= 4 is 52.1 Å². The summed E-state index contributed by atoms with van der Waals surface area (Å²) in [6, 6.07) is 4.93. The molecule has 3 nitrogen and oxygen atoms in total. The molecule has 2 aliphatic heterocycles. The molecule has 0 spiro atoms. The molecule has 0 saturated carbocycles. The van der Waals surface area contributed by atoms with Crippen LogP contribution in [0.15, 0.2) is 18.2 Å². The van der Waals surface area contributed by atoms with E-state index in [9.17, 15) is 4.79 Å². The second-order valence-corrected chi connectivity index (χ2v) is 5.61. The summed E-state index contributed by atoms with van der Waals surface area (Å²) in [4.78, 5) is 15.8. The molecule has 2 fully saturated rings. The third-order valence-electron chi connectivity index (χ3n) is 3.34. The number of fused-ring (bicyclic) bond motifs is 1. The average molecular weight is 301 g/mol. The molecule has 18 heavy (non-hydrogen) atoms. The molecule has 0 bridgehead atoms. The van der Waals surface area contributed by atoms with Gasteiger partial charge in [0.25, 0.3) is 5.91 Å². The largest absolute Gasteiger partial charge is 0.336 e. The molecule has 94 valence electrons. The Morgan fingerprint density at radius 1 is 1.33 bits per heavy atom. The highest BCUT2D eigenvalue weighted by Gasteiger charge is 2.45. The zero-order valence-electron chi connectivity index (χ0n) is 9.40. The summed E-state index contributed by atoms with van der Waals surface area (Å²) in [7, 11) is 0. The van der Waals surface area contributed by atoms with Gasteiger partial charge in [-0.3, -0.25) is 9.69 Å². The Labute approximate surface area is 120 Å². The van der Waals surface area contributed by atoms with Crippen LogP contribution in [0.1, 0.15) is 12.8 Å². The molecule has 0 unspecified atom stereocenters. The fourth-order valence-corrected chi connectivity index (χ4v) is 3.28. The first-order valence-corrected chi connectivity index (χ1v) is 6.85. The monoisotopic (exact) mass is 300 g/mol. The number of hydrogen-bond acceptors (Lipinski definition) is 2. The fourth-order valence-electron chi connectivity index (χ4n) is 2.50. The zero-order valence-corrected chi connectivity index (χ0v) is 11.7. The van der Waals surface area contributed by atoms with Crippen LogP contribution in [0.3, 0.4) is 0 Å². The highest BCUT2D eigenvalue weighted by Crippen LogP contribution is 2.36. The minimum Gasteiger partial charge on any atom is -0.336 e. The third kappa shape index (κ3) is 1.71. The first kappa shape index (κ1) is 12.2. The maximum absolute atomic E-state index is 12.4. The SMILES string of the molecule is O=C1[C@H]2CCCN2C(=S)N1c1cc(Cl)ccc1Cl. The summed E-state index contributed by atoms with van der Waals surface area (Å²) in [5.41, 5.74) is 0.577. The number of carbonyl (C=O) groups is 1. The van der Waals surface area contributed by atoms with Crippen LogP contribution in [0.25, 0.3) is 0 Å². The Morgan fingerprint density at radius 3 is 2.83 bits per heavy atom. The molecule has 1 amide bonds. The number of rotatable bonds is 1. The van der Waals surface area contributed by atoms with Crippen molar-refractivity contribution in [2.45, 2.75) is 18.9 Å². The fraction of sp³-hybridized carbons (Fsp3) is 0.333. The van der Waals surface area contributed by atoms with E-state index < -0.39 is 0 Å². The van der Waals surface area contributed by atoms with Crippen LogP contribution in [0.4, 0.5) is 5.69 Å². The molecule has 1 atom stereocenters. The molecule has 0 radical (unpaired) electrons. The molecule has 1 aromatic rings. The minimum atomic E-state index is -0.118. The van der Waals surface area contributed by atoms with Crippen molar-refractivity contribution in [1.29, 1.82) is 0 Å². The van der Waals surface area contributed by atoms with Crippen molar-refractivity contribution in [3.63, 3.8) is 0 Å². The molecule has 0 aliphatic carbocycles. The van der Waals surface area contributed by atoms with Crippen molar-refractivity contribution in [2.75, 3.05) is 11.4 Å². The first-order chi connectivity index (χ1) is 8.59. The van der Waals surface area contributed by atoms with Crippen molar-refractivity contribution in [2.24, 2.45) is 0 Å². The topological polar surface area (TPSA) is 23.6 Å². The van der Waals surface area contributed by atoms with E-state index in [4.69, 9.17) is 35.4 Å². The molecular weight excluding hydrogens is 291 g/mol. The minimum absolute atomic E-state index is 0.00154. The standard InChI is InChI=1S/C12H10Cl2N2OS/c13-7-3-4-8(14)10(6-7)16-11(17)9-2-1-5-15(9)12(16)18/h3-4,6,9H,1-2,5H2/t9-/m1/s1. The third-order valence-corrected chi connectivity index (χ3v) is 4.32. The van der Waals surface area contributed by atoms with Crippen molar-refractivity contribution in [3.05, 3.63) is 28.2 Å². The van der Waals surface area contributed by atoms with Crippen molar-refractivity contribution in [3.8, 4) is 0 Å². The summed E-state index contributed by atoms with van der Waals surface area (Å²) in [6.45, 7) is 0.837. The van der Waals surface area contributed by atoms with E-state index in [1.807, 2.05) is 4.90 Å². The van der Waals surface area contributed by atoms with Crippen LogP contribution in [-0.4, -0.2) is 28.5 Å². The van der Waals surface area contributed by atoms with Gasteiger partial charge in [-0.25, -0.2) is 0 Å². The number of amides is 1. The predicted molar refractivity (Wildman–Crippen MR) is 76.3 cm³/mol. The Hall–Kier alpha value is -0.840. The smallest absolute Gasteiger partial charge is 0.256 e. The van der Waals surface area contributed by atoms with Gasteiger partial charge in [0.05, 0.1) is 10.7 Å². The summed E-state index contributed by atoms with van der Waals surface area (Å²) in [5.74, 6) is 0.00154. The lowest BCUT2D eigenvalue weighted by Crippen LogP contribution is -2.33. The maximum atomic E-state index is 12.4. The Balaban J connectivity index is 2.05. The Morgan fingerprint density at radius 2 is 2.11 bits per heavy atom. The van der Waals surface area contributed by atoms with Gasteiger partial charge in [-0.2, -0.15) is 0 Å². The number of halogens is 2. The van der Waals surface area contributed by atoms with E-state index in [-0.39, 0.29) is 11.9 Å². The van der Waals surface area contributed by atoms with Gasteiger partial charge in [0.15, 0.2) is 5.11 Å². The number of thiocarbonyl (C=S) groups is 1. The van der Waals surface area contributed by atoms with Crippen LogP contribution in [0.2, 0.25) is 10.0 Å². The zero-order chi connectivity index (χ0) is 12.9. The second-order valence-electron chi connectivity index (χ2n) is 4.40. The van der Waals surface area contributed by atoms with Crippen LogP contribution in [0, 0.1) is 0 Å². The first-order valence-electron chi connectivity index (χ1n) is 5.69. The van der Waals surface area contributed by atoms with E-state index in [1.54, 1.807) is 18.2 Å². The quantitative estimate of drug-likeness (QED) is 0.745. The number of carbonyl (C=O) groups excluding carboxylic acids is 1. The van der Waals surface area contributed by atoms with Crippen LogP contribution in [0.5, 0.6) is 0 Å². The average Bonchev–Trinajstić information content (AvgIpc) is 2.89. The highest BCUT2D eigenvalue weighted by molar-refractivity contribution is 7.80. The van der Waals surface area contributed by atoms with E-state index in [1.165, 1.54) is 4.90 Å². The molecule has 1 aromatic carbocycles. The molecular formula is C12H10Cl2N2OS. The lowest BCUT2D eigenvalue weighted by Gasteiger charge is -2.19. The normalized spacial score (nSPS) is 22.9. The number of nitrogens with zero attached hydrogens (tertiary/aromatic N) is 2. The summed E-state index contributed by atoms with van der Waals surface area (Å²) in [5, 5.41) is 1.56. The van der Waals surface area contributed by atoms with E-state index in [0.29, 0.717) is 20.8 Å². The van der Waals surface area contributed by atoms with Crippen molar-refractivity contribution in [1.82, 2.24) is 4.90 Å². The van der Waals surface area contributed by atoms with Crippen LogP contribution >= 0.6 is 35.4 Å². The molecule has 2 heterocycles. The van der Waals surface area contributed by atoms with E-state index in [0.717, 1.165) is 19.4 Å². The predicted octanol–water partition coefficient (Wildman–Crippen LogP) is 3.09. The lowest BCUT2D eigenvalue weighted by molar-refractivity contribution is -0.119. The van der Waals surface area contributed by atoms with Gasteiger partial charge >= 0.3 is 0 Å². The Bertz CT molecular complexity index is 527. The number of hydrogen-bond donors (Lipinski definition) is 0. The molecule has 2 saturated heterocycles. The molecule has 3 rings (SSSR count). The van der Waals surface area contributed by atoms with Gasteiger partial charge in [-0.05, 0) is 43.3 Å². The maximum Gasteiger partial charge on any atom is 0.256 e. The summed E-state index contributed by atoms with van der Waals surface area (Å²) < 4.78 is 0. The van der Waals surface area contributed by atoms with Gasteiger partial charge in [-0.15, -0.1) is 0 Å². The molecule has 2 aliphatic rings. The van der Waals surface area contributed by atoms with Crippen molar-refractivity contribution < 1.29 is 4.79 Å². The van der Waals surface area contributed by atoms with Gasteiger partial charge in [0.2, 0.25) is 0 Å². The number of benzene rings is 1. The lowest BCUT2D eigenvalue weighted by atomic mass is 10.2.